The second-order valence-electron chi connectivity index (χ2n) is 4.19. The van der Waals surface area contributed by atoms with Gasteiger partial charge >= 0.3 is 6.18 Å². The Bertz CT molecular complexity index is 347. The average Bonchev–Trinajstić information content (AvgIpc) is 2.62. The molecular formula is C11H17F3N2O. The third kappa shape index (κ3) is 4.40. The molecule has 1 heterocycles. The fourth-order valence-corrected chi connectivity index (χ4v) is 1.52. The molecule has 98 valence electrons. The van der Waals surface area contributed by atoms with Gasteiger partial charge in [-0.2, -0.15) is 13.2 Å². The van der Waals surface area contributed by atoms with Crippen LogP contribution in [0, 0.1) is 0 Å². The fourth-order valence-electron chi connectivity index (χ4n) is 1.52. The first-order valence-corrected chi connectivity index (χ1v) is 5.39. The first-order chi connectivity index (χ1) is 7.83. The Morgan fingerprint density at radius 1 is 1.41 bits per heavy atom. The maximum atomic E-state index is 12.4. The molecule has 0 aliphatic heterocycles. The summed E-state index contributed by atoms with van der Waals surface area (Å²) in [6, 6.07) is 1.47. The van der Waals surface area contributed by atoms with Crippen molar-refractivity contribution >= 4 is 0 Å². The highest BCUT2D eigenvalue weighted by atomic mass is 19.4. The van der Waals surface area contributed by atoms with E-state index in [0.29, 0.717) is 5.76 Å². The number of furan rings is 1. The molecule has 0 bridgehead atoms. The van der Waals surface area contributed by atoms with Crippen molar-refractivity contribution in [3.05, 3.63) is 23.7 Å². The summed E-state index contributed by atoms with van der Waals surface area (Å²) in [5.74, 6) is 0.505. The van der Waals surface area contributed by atoms with Gasteiger partial charge in [0.1, 0.15) is 5.76 Å². The molecule has 0 aliphatic rings. The van der Waals surface area contributed by atoms with E-state index in [1.54, 1.807) is 19.9 Å². The maximum absolute atomic E-state index is 12.4. The Kier molecular flexibility index (Phi) is 4.59. The van der Waals surface area contributed by atoms with E-state index in [1.165, 1.54) is 11.2 Å². The number of alkyl halides is 3. The molecule has 0 saturated carbocycles. The summed E-state index contributed by atoms with van der Waals surface area (Å²) in [6.07, 6.45) is -2.76. The average molecular weight is 250 g/mol. The second-order valence-corrected chi connectivity index (χ2v) is 4.19. The van der Waals surface area contributed by atoms with Gasteiger partial charge in [0, 0.05) is 18.2 Å². The smallest absolute Gasteiger partial charge is 0.401 e. The van der Waals surface area contributed by atoms with Crippen molar-refractivity contribution in [2.75, 3.05) is 6.54 Å². The number of rotatable bonds is 5. The Hall–Kier alpha value is -1.01. The Morgan fingerprint density at radius 2 is 2.06 bits per heavy atom. The largest absolute Gasteiger partial charge is 0.468 e. The maximum Gasteiger partial charge on any atom is 0.401 e. The predicted octanol–water partition coefficient (Wildman–Crippen LogP) is 2.51. The van der Waals surface area contributed by atoms with Crippen molar-refractivity contribution < 1.29 is 17.6 Å². The van der Waals surface area contributed by atoms with Crippen LogP contribution in [0.3, 0.4) is 0 Å². The molecule has 1 aromatic heterocycles. The molecule has 0 atom stereocenters. The zero-order valence-corrected chi connectivity index (χ0v) is 9.92. The van der Waals surface area contributed by atoms with Crippen molar-refractivity contribution in [3.63, 3.8) is 0 Å². The summed E-state index contributed by atoms with van der Waals surface area (Å²) in [5.41, 5.74) is 6.22. The van der Waals surface area contributed by atoms with Gasteiger partial charge in [0.05, 0.1) is 19.4 Å². The number of nitrogens with two attached hydrogens (primary N) is 1. The summed E-state index contributed by atoms with van der Waals surface area (Å²) in [4.78, 5) is 1.30. The monoisotopic (exact) mass is 250 g/mol. The van der Waals surface area contributed by atoms with Crippen LogP contribution in [0.1, 0.15) is 25.2 Å². The molecule has 6 heteroatoms. The molecule has 0 aromatic carbocycles. The minimum atomic E-state index is -4.21. The molecule has 3 nitrogen and oxygen atoms in total. The number of halogens is 3. The van der Waals surface area contributed by atoms with E-state index in [-0.39, 0.29) is 19.1 Å². The van der Waals surface area contributed by atoms with Gasteiger partial charge in [-0.05, 0) is 19.9 Å². The zero-order valence-electron chi connectivity index (χ0n) is 9.92. The normalized spacial score (nSPS) is 12.7. The molecule has 1 aromatic rings. The van der Waals surface area contributed by atoms with E-state index in [4.69, 9.17) is 10.2 Å². The Morgan fingerprint density at radius 3 is 2.53 bits per heavy atom. The van der Waals surface area contributed by atoms with Crippen LogP contribution in [-0.2, 0) is 13.1 Å². The molecule has 1 rings (SSSR count). The predicted molar refractivity (Wildman–Crippen MR) is 58.2 cm³/mol. The van der Waals surface area contributed by atoms with Gasteiger partial charge in [0.2, 0.25) is 0 Å². The molecule has 2 N–H and O–H groups in total. The minimum absolute atomic E-state index is 0.122. The van der Waals surface area contributed by atoms with Gasteiger partial charge in [-0.1, -0.05) is 0 Å². The first-order valence-electron chi connectivity index (χ1n) is 5.39. The summed E-state index contributed by atoms with van der Waals surface area (Å²) in [7, 11) is 0. The van der Waals surface area contributed by atoms with E-state index >= 15 is 0 Å². The third-order valence-corrected chi connectivity index (χ3v) is 2.52. The molecule has 0 amide bonds. The highest BCUT2D eigenvalue weighted by Gasteiger charge is 2.32. The van der Waals surface area contributed by atoms with E-state index < -0.39 is 12.7 Å². The molecular weight excluding hydrogens is 233 g/mol. The van der Waals surface area contributed by atoms with Crippen LogP contribution in [0.2, 0.25) is 0 Å². The highest BCUT2D eigenvalue weighted by Crippen LogP contribution is 2.21. The number of hydrogen-bond donors (Lipinski definition) is 1. The zero-order chi connectivity index (χ0) is 13.1. The Balaban J connectivity index is 2.74. The van der Waals surface area contributed by atoms with Crippen molar-refractivity contribution in [2.45, 2.75) is 39.2 Å². The SMILES string of the molecule is CC(C)N(Cc1occc1CN)CC(F)(F)F. The number of hydrogen-bond acceptors (Lipinski definition) is 3. The van der Waals surface area contributed by atoms with Gasteiger partial charge in [-0.25, -0.2) is 0 Å². The van der Waals surface area contributed by atoms with Crippen LogP contribution < -0.4 is 5.73 Å². The molecule has 0 saturated heterocycles. The molecule has 0 aliphatic carbocycles. The van der Waals surface area contributed by atoms with Crippen molar-refractivity contribution in [2.24, 2.45) is 5.73 Å². The lowest BCUT2D eigenvalue weighted by atomic mass is 10.2. The van der Waals surface area contributed by atoms with E-state index in [1.807, 2.05) is 0 Å². The number of nitrogens with zero attached hydrogens (tertiary/aromatic N) is 1. The summed E-state index contributed by atoms with van der Waals surface area (Å²) in [6.45, 7) is 2.88. The summed E-state index contributed by atoms with van der Waals surface area (Å²) in [5, 5.41) is 0. The van der Waals surface area contributed by atoms with Crippen LogP contribution in [0.25, 0.3) is 0 Å². The first kappa shape index (κ1) is 14.1. The Labute approximate surface area is 98.4 Å². The van der Waals surface area contributed by atoms with Crippen molar-refractivity contribution in [3.8, 4) is 0 Å². The van der Waals surface area contributed by atoms with Crippen LogP contribution >= 0.6 is 0 Å². The lowest BCUT2D eigenvalue weighted by Crippen LogP contribution is -2.38. The topological polar surface area (TPSA) is 42.4 Å². The van der Waals surface area contributed by atoms with Crippen molar-refractivity contribution in [1.82, 2.24) is 4.90 Å². The van der Waals surface area contributed by atoms with Gasteiger partial charge < -0.3 is 10.2 Å². The van der Waals surface area contributed by atoms with Crippen LogP contribution in [0.4, 0.5) is 13.2 Å². The van der Waals surface area contributed by atoms with Crippen LogP contribution in [0.15, 0.2) is 16.7 Å². The van der Waals surface area contributed by atoms with Crippen LogP contribution in [0.5, 0.6) is 0 Å². The van der Waals surface area contributed by atoms with Gasteiger partial charge in [0.25, 0.3) is 0 Å². The highest BCUT2D eigenvalue weighted by molar-refractivity contribution is 5.16. The lowest BCUT2D eigenvalue weighted by Gasteiger charge is -2.26. The van der Waals surface area contributed by atoms with E-state index in [0.717, 1.165) is 5.56 Å². The lowest BCUT2D eigenvalue weighted by molar-refractivity contribution is -0.151. The quantitative estimate of drug-likeness (QED) is 0.873. The fraction of sp³-hybridized carbons (Fsp3) is 0.636. The van der Waals surface area contributed by atoms with Gasteiger partial charge in [-0.15, -0.1) is 0 Å². The van der Waals surface area contributed by atoms with E-state index in [2.05, 4.69) is 0 Å². The molecule has 0 fully saturated rings. The second kappa shape index (κ2) is 5.55. The van der Waals surface area contributed by atoms with Gasteiger partial charge in [-0.3, -0.25) is 4.90 Å². The summed E-state index contributed by atoms with van der Waals surface area (Å²) < 4.78 is 42.3. The molecule has 0 unspecified atom stereocenters. The van der Waals surface area contributed by atoms with E-state index in [9.17, 15) is 13.2 Å². The van der Waals surface area contributed by atoms with Gasteiger partial charge in [0.15, 0.2) is 0 Å². The van der Waals surface area contributed by atoms with Crippen molar-refractivity contribution in [1.29, 1.82) is 0 Å². The third-order valence-electron chi connectivity index (χ3n) is 2.52. The van der Waals surface area contributed by atoms with Crippen LogP contribution in [-0.4, -0.2) is 23.7 Å². The summed E-state index contributed by atoms with van der Waals surface area (Å²) >= 11 is 0. The molecule has 0 radical (unpaired) electrons. The molecule has 0 spiro atoms. The standard InChI is InChI=1S/C11H17F3N2O/c1-8(2)16(7-11(12,13)14)6-10-9(5-15)3-4-17-10/h3-4,8H,5-7,15H2,1-2H3. The minimum Gasteiger partial charge on any atom is -0.468 e. The molecule has 17 heavy (non-hydrogen) atoms.